The van der Waals surface area contributed by atoms with E-state index >= 15 is 0 Å². The van der Waals surface area contributed by atoms with Crippen LogP contribution in [0.4, 0.5) is 0 Å². The highest BCUT2D eigenvalue weighted by Crippen LogP contribution is 2.29. The highest BCUT2D eigenvalue weighted by molar-refractivity contribution is 5.86. The molecule has 0 bridgehead atoms. The predicted molar refractivity (Wildman–Crippen MR) is 78.2 cm³/mol. The van der Waals surface area contributed by atoms with Crippen molar-refractivity contribution in [2.45, 2.75) is 32.1 Å². The van der Waals surface area contributed by atoms with Crippen molar-refractivity contribution in [1.82, 2.24) is 0 Å². The van der Waals surface area contributed by atoms with Gasteiger partial charge in [0.25, 0.3) is 6.47 Å². The van der Waals surface area contributed by atoms with E-state index in [-0.39, 0.29) is 5.92 Å². The molecule has 0 aliphatic heterocycles. The van der Waals surface area contributed by atoms with E-state index in [4.69, 9.17) is 4.74 Å². The van der Waals surface area contributed by atoms with Gasteiger partial charge in [0.1, 0.15) is 0 Å². The van der Waals surface area contributed by atoms with E-state index in [0.717, 1.165) is 19.3 Å². The summed E-state index contributed by atoms with van der Waals surface area (Å²) >= 11 is 0. The van der Waals surface area contributed by atoms with Gasteiger partial charge in [-0.3, -0.25) is 4.79 Å². The highest BCUT2D eigenvalue weighted by atomic mass is 16.5. The van der Waals surface area contributed by atoms with E-state index in [1.807, 2.05) is 0 Å². The second kappa shape index (κ2) is 6.93. The molecule has 2 aromatic rings. The van der Waals surface area contributed by atoms with Gasteiger partial charge in [0.05, 0.1) is 6.61 Å². The minimum absolute atomic E-state index is 0.288. The van der Waals surface area contributed by atoms with Gasteiger partial charge in [-0.15, -0.1) is 0 Å². The molecule has 2 aromatic carbocycles. The van der Waals surface area contributed by atoms with Gasteiger partial charge in [-0.2, -0.15) is 0 Å². The Balaban J connectivity index is 2.33. The molecule has 2 rings (SSSR count). The summed E-state index contributed by atoms with van der Waals surface area (Å²) in [5, 5.41) is 2.51. The fraction of sp³-hybridized carbons (Fsp3) is 0.353. The van der Waals surface area contributed by atoms with Gasteiger partial charge in [-0.05, 0) is 22.8 Å². The molecule has 0 saturated heterocycles. The normalized spacial score (nSPS) is 12.3. The van der Waals surface area contributed by atoms with Crippen molar-refractivity contribution in [3.05, 3.63) is 48.0 Å². The number of benzene rings is 2. The van der Waals surface area contributed by atoms with Crippen LogP contribution >= 0.6 is 0 Å². The molecule has 2 nitrogen and oxygen atoms in total. The zero-order valence-electron chi connectivity index (χ0n) is 11.3. The second-order valence-electron chi connectivity index (χ2n) is 4.84. The zero-order chi connectivity index (χ0) is 13.5. The number of hydrogen-bond acceptors (Lipinski definition) is 2. The molecule has 0 radical (unpaired) electrons. The van der Waals surface area contributed by atoms with Crippen molar-refractivity contribution in [3.8, 4) is 0 Å². The second-order valence-corrected chi connectivity index (χ2v) is 4.84. The summed E-state index contributed by atoms with van der Waals surface area (Å²) in [6, 6.07) is 14.7. The molecule has 0 aliphatic carbocycles. The van der Waals surface area contributed by atoms with Crippen LogP contribution in [0.5, 0.6) is 0 Å². The molecule has 1 atom stereocenters. The van der Waals surface area contributed by atoms with Crippen molar-refractivity contribution in [3.63, 3.8) is 0 Å². The maximum atomic E-state index is 10.5. The minimum atomic E-state index is 0.288. The fourth-order valence-electron chi connectivity index (χ4n) is 2.54. The molecule has 0 amide bonds. The first-order valence-corrected chi connectivity index (χ1v) is 6.89. The number of rotatable bonds is 7. The van der Waals surface area contributed by atoms with Gasteiger partial charge in [-0.25, -0.2) is 0 Å². The molecule has 2 heteroatoms. The third kappa shape index (κ3) is 3.34. The topological polar surface area (TPSA) is 26.3 Å². The number of ether oxygens (including phenoxy) is 1. The van der Waals surface area contributed by atoms with Crippen molar-refractivity contribution in [1.29, 1.82) is 0 Å². The first kappa shape index (κ1) is 13.6. The van der Waals surface area contributed by atoms with Crippen molar-refractivity contribution in [2.75, 3.05) is 6.61 Å². The third-order valence-electron chi connectivity index (χ3n) is 3.53. The standard InChI is InChI=1S/C17H20O2/c1-2-3-7-15(12-19-13-18)17-11-6-9-14-8-4-5-10-16(14)17/h4-6,8-11,13,15H,2-3,7,12H2,1H3. The lowest BCUT2D eigenvalue weighted by atomic mass is 9.90. The van der Waals surface area contributed by atoms with Crippen LogP contribution in [-0.4, -0.2) is 13.1 Å². The third-order valence-corrected chi connectivity index (χ3v) is 3.53. The molecule has 0 aromatic heterocycles. The Hall–Kier alpha value is -1.83. The molecule has 0 spiro atoms. The van der Waals surface area contributed by atoms with Gasteiger partial charge in [0, 0.05) is 5.92 Å². The Morgan fingerprint density at radius 1 is 1.16 bits per heavy atom. The van der Waals surface area contributed by atoms with Crippen LogP contribution in [0.1, 0.15) is 37.7 Å². The average molecular weight is 256 g/mol. The Bertz CT molecular complexity index is 528. The lowest BCUT2D eigenvalue weighted by molar-refractivity contribution is -0.129. The van der Waals surface area contributed by atoms with E-state index in [0.29, 0.717) is 13.1 Å². The molecule has 0 N–H and O–H groups in total. The van der Waals surface area contributed by atoms with Crippen molar-refractivity contribution < 1.29 is 9.53 Å². The number of unbranched alkanes of at least 4 members (excludes halogenated alkanes) is 1. The molecular weight excluding hydrogens is 236 g/mol. The molecule has 0 heterocycles. The Morgan fingerprint density at radius 3 is 2.74 bits per heavy atom. The zero-order valence-corrected chi connectivity index (χ0v) is 11.3. The van der Waals surface area contributed by atoms with Crippen LogP contribution in [0.3, 0.4) is 0 Å². The largest absolute Gasteiger partial charge is 0.467 e. The van der Waals surface area contributed by atoms with E-state index < -0.39 is 0 Å². The van der Waals surface area contributed by atoms with E-state index in [9.17, 15) is 4.79 Å². The van der Waals surface area contributed by atoms with E-state index in [1.54, 1.807) is 0 Å². The minimum Gasteiger partial charge on any atom is -0.467 e. The fourth-order valence-corrected chi connectivity index (χ4v) is 2.54. The Kier molecular flexibility index (Phi) is 4.96. The molecule has 19 heavy (non-hydrogen) atoms. The van der Waals surface area contributed by atoms with Crippen molar-refractivity contribution in [2.24, 2.45) is 0 Å². The lowest BCUT2D eigenvalue weighted by Crippen LogP contribution is -2.08. The average Bonchev–Trinajstić information content (AvgIpc) is 2.47. The smallest absolute Gasteiger partial charge is 0.293 e. The maximum absolute atomic E-state index is 10.5. The highest BCUT2D eigenvalue weighted by Gasteiger charge is 2.14. The summed E-state index contributed by atoms with van der Waals surface area (Å²) in [5.74, 6) is 0.288. The van der Waals surface area contributed by atoms with Crippen LogP contribution in [0.15, 0.2) is 42.5 Å². The van der Waals surface area contributed by atoms with Gasteiger partial charge >= 0.3 is 0 Å². The SMILES string of the molecule is CCCCC(COC=O)c1cccc2ccccc12. The van der Waals surface area contributed by atoms with Crippen LogP contribution in [0.25, 0.3) is 10.8 Å². The molecule has 0 fully saturated rings. The van der Waals surface area contributed by atoms with E-state index in [1.165, 1.54) is 16.3 Å². The molecule has 0 saturated carbocycles. The van der Waals surface area contributed by atoms with Gasteiger partial charge < -0.3 is 4.74 Å². The first-order valence-electron chi connectivity index (χ1n) is 6.89. The molecule has 100 valence electrons. The molecular formula is C17H20O2. The van der Waals surface area contributed by atoms with E-state index in [2.05, 4.69) is 49.4 Å². The maximum Gasteiger partial charge on any atom is 0.293 e. The Labute approximate surface area is 114 Å². The first-order chi connectivity index (χ1) is 9.36. The van der Waals surface area contributed by atoms with Gasteiger partial charge in [0.15, 0.2) is 0 Å². The Morgan fingerprint density at radius 2 is 1.95 bits per heavy atom. The van der Waals surface area contributed by atoms with Crippen LogP contribution in [0.2, 0.25) is 0 Å². The van der Waals surface area contributed by atoms with Gasteiger partial charge in [-0.1, -0.05) is 62.2 Å². The number of fused-ring (bicyclic) bond motifs is 1. The monoisotopic (exact) mass is 256 g/mol. The quantitative estimate of drug-likeness (QED) is 0.691. The van der Waals surface area contributed by atoms with Crippen LogP contribution in [0, 0.1) is 0 Å². The summed E-state index contributed by atoms with van der Waals surface area (Å²) in [5.41, 5.74) is 1.29. The van der Waals surface area contributed by atoms with Crippen LogP contribution in [-0.2, 0) is 9.53 Å². The molecule has 0 aliphatic rings. The van der Waals surface area contributed by atoms with Gasteiger partial charge in [0.2, 0.25) is 0 Å². The number of carbonyl (C=O) groups excluding carboxylic acids is 1. The predicted octanol–water partition coefficient (Wildman–Crippen LogP) is 4.29. The summed E-state index contributed by atoms with van der Waals surface area (Å²) in [6.45, 7) is 3.20. The van der Waals surface area contributed by atoms with Crippen molar-refractivity contribution >= 4 is 17.2 Å². The summed E-state index contributed by atoms with van der Waals surface area (Å²) in [6.07, 6.45) is 3.36. The summed E-state index contributed by atoms with van der Waals surface area (Å²) in [4.78, 5) is 10.5. The van der Waals surface area contributed by atoms with Crippen LogP contribution < -0.4 is 0 Å². The summed E-state index contributed by atoms with van der Waals surface area (Å²) in [7, 11) is 0. The molecule has 1 unspecified atom stereocenters. The summed E-state index contributed by atoms with van der Waals surface area (Å²) < 4.78 is 5.02. The number of carbonyl (C=O) groups is 1. The lowest BCUT2D eigenvalue weighted by Gasteiger charge is -2.18. The number of hydrogen-bond donors (Lipinski definition) is 0.